The average Bonchev–Trinajstić information content (AvgIpc) is 2.84. The SMILES string of the molecule is CN(Cc1ccccc1)C(=O)c1cc(NS(=O)(=O)c2ccccc2F)ccc1N1CCNCC1. The lowest BCUT2D eigenvalue weighted by Crippen LogP contribution is -2.44. The van der Waals surface area contributed by atoms with Crippen molar-refractivity contribution in [2.75, 3.05) is 42.8 Å². The van der Waals surface area contributed by atoms with Crippen LogP contribution in [0.5, 0.6) is 0 Å². The highest BCUT2D eigenvalue weighted by atomic mass is 32.2. The number of amides is 1. The molecule has 9 heteroatoms. The van der Waals surface area contributed by atoms with Gasteiger partial charge in [-0.3, -0.25) is 9.52 Å². The van der Waals surface area contributed by atoms with E-state index in [-0.39, 0.29) is 11.6 Å². The summed E-state index contributed by atoms with van der Waals surface area (Å²) in [7, 11) is -2.45. The minimum absolute atomic E-state index is 0.193. The normalized spacial score (nSPS) is 14.0. The van der Waals surface area contributed by atoms with E-state index in [2.05, 4.69) is 14.9 Å². The number of halogens is 1. The minimum Gasteiger partial charge on any atom is -0.368 e. The molecule has 2 N–H and O–H groups in total. The third-order valence-corrected chi connectivity index (χ3v) is 7.09. The Morgan fingerprint density at radius 1 is 1.03 bits per heavy atom. The maximum Gasteiger partial charge on any atom is 0.264 e. The summed E-state index contributed by atoms with van der Waals surface area (Å²) in [5.74, 6) is -1.07. The van der Waals surface area contributed by atoms with Crippen molar-refractivity contribution in [3.63, 3.8) is 0 Å². The van der Waals surface area contributed by atoms with E-state index >= 15 is 0 Å². The van der Waals surface area contributed by atoms with Gasteiger partial charge < -0.3 is 15.1 Å². The van der Waals surface area contributed by atoms with E-state index in [0.717, 1.165) is 43.5 Å². The average molecular weight is 483 g/mol. The number of nitrogens with one attached hydrogen (secondary N) is 2. The molecule has 0 radical (unpaired) electrons. The second-order valence-corrected chi connectivity index (χ2v) is 9.80. The number of piperazine rings is 1. The largest absolute Gasteiger partial charge is 0.368 e. The van der Waals surface area contributed by atoms with Gasteiger partial charge in [0.1, 0.15) is 10.7 Å². The molecule has 4 rings (SSSR count). The van der Waals surface area contributed by atoms with Gasteiger partial charge in [-0.25, -0.2) is 12.8 Å². The second kappa shape index (κ2) is 10.2. The first kappa shape index (κ1) is 23.7. The Kier molecular flexibility index (Phi) is 7.14. The van der Waals surface area contributed by atoms with Crippen LogP contribution in [0.2, 0.25) is 0 Å². The standard InChI is InChI=1S/C25H27FN4O3S/c1-29(18-19-7-3-2-4-8-19)25(31)21-17-20(11-12-23(21)30-15-13-27-14-16-30)28-34(32,33)24-10-6-5-9-22(24)26/h2-12,17,27-28H,13-16,18H2,1H3. The highest BCUT2D eigenvalue weighted by Gasteiger charge is 2.24. The number of rotatable bonds is 7. The molecule has 1 aliphatic heterocycles. The molecule has 34 heavy (non-hydrogen) atoms. The van der Waals surface area contributed by atoms with E-state index in [1.165, 1.54) is 24.3 Å². The summed E-state index contributed by atoms with van der Waals surface area (Å²) in [5, 5.41) is 3.29. The number of carbonyl (C=O) groups is 1. The molecule has 7 nitrogen and oxygen atoms in total. The highest BCUT2D eigenvalue weighted by molar-refractivity contribution is 7.92. The maximum atomic E-state index is 14.1. The number of benzene rings is 3. The smallest absolute Gasteiger partial charge is 0.264 e. The molecule has 0 bridgehead atoms. The third-order valence-electron chi connectivity index (χ3n) is 5.67. The second-order valence-electron chi connectivity index (χ2n) is 8.15. The van der Waals surface area contributed by atoms with Crippen molar-refractivity contribution in [3.05, 3.63) is 89.7 Å². The number of sulfonamides is 1. The van der Waals surface area contributed by atoms with Crippen LogP contribution in [0.1, 0.15) is 15.9 Å². The summed E-state index contributed by atoms with van der Waals surface area (Å²) in [6, 6.07) is 19.7. The Labute approximate surface area is 199 Å². The number of anilines is 2. The van der Waals surface area contributed by atoms with Crippen molar-refractivity contribution in [2.24, 2.45) is 0 Å². The Balaban J connectivity index is 1.66. The first-order chi connectivity index (χ1) is 16.3. The molecule has 1 saturated heterocycles. The van der Waals surface area contributed by atoms with Crippen LogP contribution < -0.4 is 14.9 Å². The van der Waals surface area contributed by atoms with Crippen molar-refractivity contribution in [2.45, 2.75) is 11.4 Å². The van der Waals surface area contributed by atoms with Crippen molar-refractivity contribution in [1.29, 1.82) is 0 Å². The monoisotopic (exact) mass is 482 g/mol. The molecule has 0 aliphatic carbocycles. The molecular formula is C25H27FN4O3S. The molecule has 3 aromatic rings. The summed E-state index contributed by atoms with van der Waals surface area (Å²) < 4.78 is 42.1. The van der Waals surface area contributed by atoms with Gasteiger partial charge in [0.05, 0.1) is 5.56 Å². The Hall–Kier alpha value is -3.43. The van der Waals surface area contributed by atoms with Crippen LogP contribution in [0.4, 0.5) is 15.8 Å². The fourth-order valence-corrected chi connectivity index (χ4v) is 5.09. The quantitative estimate of drug-likeness (QED) is 0.540. The first-order valence-corrected chi connectivity index (χ1v) is 12.5. The zero-order chi connectivity index (χ0) is 24.1. The fourth-order valence-electron chi connectivity index (χ4n) is 3.96. The minimum atomic E-state index is -4.17. The molecule has 0 aromatic heterocycles. The molecule has 1 amide bonds. The number of hydrogen-bond donors (Lipinski definition) is 2. The molecule has 0 saturated carbocycles. The van der Waals surface area contributed by atoms with Gasteiger partial charge in [0, 0.05) is 51.1 Å². The van der Waals surface area contributed by atoms with E-state index in [1.54, 1.807) is 24.1 Å². The highest BCUT2D eigenvalue weighted by Crippen LogP contribution is 2.28. The lowest BCUT2D eigenvalue weighted by Gasteiger charge is -2.32. The van der Waals surface area contributed by atoms with E-state index in [1.807, 2.05) is 30.3 Å². The number of hydrogen-bond acceptors (Lipinski definition) is 5. The summed E-state index contributed by atoms with van der Waals surface area (Å²) >= 11 is 0. The van der Waals surface area contributed by atoms with Crippen molar-refractivity contribution < 1.29 is 17.6 Å². The van der Waals surface area contributed by atoms with Crippen LogP contribution in [-0.4, -0.2) is 52.5 Å². The Morgan fingerprint density at radius 3 is 2.41 bits per heavy atom. The van der Waals surface area contributed by atoms with Crippen LogP contribution in [0.15, 0.2) is 77.7 Å². The molecule has 1 aliphatic rings. The van der Waals surface area contributed by atoms with Gasteiger partial charge in [0.25, 0.3) is 15.9 Å². The molecule has 0 unspecified atom stereocenters. The lowest BCUT2D eigenvalue weighted by molar-refractivity contribution is 0.0785. The van der Waals surface area contributed by atoms with E-state index in [4.69, 9.17) is 0 Å². The zero-order valence-corrected chi connectivity index (χ0v) is 19.7. The number of nitrogens with zero attached hydrogens (tertiary/aromatic N) is 2. The van der Waals surface area contributed by atoms with Crippen LogP contribution >= 0.6 is 0 Å². The molecule has 1 fully saturated rings. The lowest BCUT2D eigenvalue weighted by atomic mass is 10.1. The van der Waals surface area contributed by atoms with Gasteiger partial charge >= 0.3 is 0 Å². The molecule has 178 valence electrons. The molecule has 1 heterocycles. The molecular weight excluding hydrogens is 455 g/mol. The third kappa shape index (κ3) is 5.37. The van der Waals surface area contributed by atoms with Gasteiger partial charge in [0.15, 0.2) is 0 Å². The van der Waals surface area contributed by atoms with Crippen molar-refractivity contribution in [1.82, 2.24) is 10.2 Å². The van der Waals surface area contributed by atoms with Crippen LogP contribution in [0.25, 0.3) is 0 Å². The predicted octanol–water partition coefficient (Wildman–Crippen LogP) is 3.31. The van der Waals surface area contributed by atoms with Gasteiger partial charge in [-0.05, 0) is 35.9 Å². The number of carbonyl (C=O) groups excluding carboxylic acids is 1. The van der Waals surface area contributed by atoms with E-state index in [0.29, 0.717) is 12.1 Å². The topological polar surface area (TPSA) is 81.8 Å². The van der Waals surface area contributed by atoms with E-state index < -0.39 is 20.7 Å². The zero-order valence-electron chi connectivity index (χ0n) is 18.9. The van der Waals surface area contributed by atoms with Crippen LogP contribution in [0.3, 0.4) is 0 Å². The summed E-state index contributed by atoms with van der Waals surface area (Å²) in [6.45, 7) is 3.43. The van der Waals surface area contributed by atoms with Gasteiger partial charge in [-0.15, -0.1) is 0 Å². The molecule has 0 atom stereocenters. The fraction of sp³-hybridized carbons (Fsp3) is 0.240. The van der Waals surface area contributed by atoms with Gasteiger partial charge in [-0.2, -0.15) is 0 Å². The summed E-state index contributed by atoms with van der Waals surface area (Å²) in [5.41, 5.74) is 2.30. The van der Waals surface area contributed by atoms with Crippen LogP contribution in [0, 0.1) is 5.82 Å². The molecule has 3 aromatic carbocycles. The van der Waals surface area contributed by atoms with Gasteiger partial charge in [0.2, 0.25) is 0 Å². The van der Waals surface area contributed by atoms with Gasteiger partial charge in [-0.1, -0.05) is 42.5 Å². The maximum absolute atomic E-state index is 14.1. The summed E-state index contributed by atoms with van der Waals surface area (Å²) in [4.78, 5) is 16.8. The molecule has 0 spiro atoms. The predicted molar refractivity (Wildman–Crippen MR) is 131 cm³/mol. The van der Waals surface area contributed by atoms with E-state index in [9.17, 15) is 17.6 Å². The van der Waals surface area contributed by atoms with Crippen LogP contribution in [-0.2, 0) is 16.6 Å². The van der Waals surface area contributed by atoms with Crippen molar-refractivity contribution in [3.8, 4) is 0 Å². The first-order valence-electron chi connectivity index (χ1n) is 11.0. The Morgan fingerprint density at radius 2 is 1.71 bits per heavy atom. The summed E-state index contributed by atoms with van der Waals surface area (Å²) in [6.07, 6.45) is 0. The van der Waals surface area contributed by atoms with Crippen molar-refractivity contribution >= 4 is 27.3 Å². The Bertz CT molecular complexity index is 1260.